The number of benzene rings is 2. The maximum Gasteiger partial charge on any atom is 0.261 e. The van der Waals surface area contributed by atoms with E-state index in [1.54, 1.807) is 0 Å². The fraction of sp³-hybridized carbons (Fsp3) is 0.294. The third-order valence-corrected chi connectivity index (χ3v) is 4.42. The summed E-state index contributed by atoms with van der Waals surface area (Å²) < 4.78 is 0. The number of carbonyl (C=O) groups is 2. The minimum Gasteiger partial charge on any atom is -0.312 e. The van der Waals surface area contributed by atoms with Gasteiger partial charge in [-0.05, 0) is 36.9 Å². The first kappa shape index (κ1) is 12.5. The van der Waals surface area contributed by atoms with Gasteiger partial charge in [0.1, 0.15) is 0 Å². The molecule has 0 spiro atoms. The Balaban J connectivity index is 1.81. The number of hydrogen-bond acceptors (Lipinski definition) is 3. The van der Waals surface area contributed by atoms with Gasteiger partial charge in [0.2, 0.25) is 0 Å². The van der Waals surface area contributed by atoms with Crippen LogP contribution in [0.25, 0.3) is 10.8 Å². The Bertz CT molecular complexity index is 697. The van der Waals surface area contributed by atoms with Gasteiger partial charge in [-0.3, -0.25) is 14.5 Å². The first-order chi connectivity index (χ1) is 10.3. The lowest BCUT2D eigenvalue weighted by Crippen LogP contribution is -2.46. The Kier molecular flexibility index (Phi) is 2.79. The van der Waals surface area contributed by atoms with Crippen molar-refractivity contribution in [2.24, 2.45) is 0 Å². The van der Waals surface area contributed by atoms with Crippen molar-refractivity contribution in [3.8, 4) is 0 Å². The molecule has 2 heterocycles. The Morgan fingerprint density at radius 3 is 2.29 bits per heavy atom. The molecule has 2 aliphatic heterocycles. The molecule has 4 heteroatoms. The highest BCUT2D eigenvalue weighted by Crippen LogP contribution is 2.30. The van der Waals surface area contributed by atoms with Gasteiger partial charge < -0.3 is 5.32 Å². The summed E-state index contributed by atoms with van der Waals surface area (Å²) >= 11 is 0. The van der Waals surface area contributed by atoms with E-state index in [2.05, 4.69) is 5.32 Å². The summed E-state index contributed by atoms with van der Waals surface area (Å²) in [5.41, 5.74) is 1.28. The maximum absolute atomic E-state index is 12.7. The van der Waals surface area contributed by atoms with E-state index in [4.69, 9.17) is 0 Å². The van der Waals surface area contributed by atoms with Crippen molar-refractivity contribution in [2.75, 3.05) is 13.1 Å². The maximum atomic E-state index is 12.7. The van der Waals surface area contributed by atoms with Crippen LogP contribution in [0.3, 0.4) is 0 Å². The lowest BCUT2D eigenvalue weighted by molar-refractivity contribution is 0.0597. The van der Waals surface area contributed by atoms with Gasteiger partial charge in [-0.2, -0.15) is 0 Å². The van der Waals surface area contributed by atoms with E-state index in [0.29, 0.717) is 17.7 Å². The molecule has 0 aliphatic carbocycles. The molecule has 0 radical (unpaired) electrons. The summed E-state index contributed by atoms with van der Waals surface area (Å²) in [6, 6.07) is 11.5. The number of carbonyl (C=O) groups excluding carboxylic acids is 2. The third kappa shape index (κ3) is 1.87. The standard InChI is InChI=1S/C17H16N2O2/c20-16-13-7-1-4-11-5-2-8-14(15(11)13)17(21)19(16)10-12-6-3-9-18-12/h1-2,4-5,7-8,12,18H,3,6,9-10H2. The summed E-state index contributed by atoms with van der Waals surface area (Å²) in [4.78, 5) is 26.8. The van der Waals surface area contributed by atoms with Crippen molar-refractivity contribution in [1.82, 2.24) is 10.2 Å². The second-order valence-electron chi connectivity index (χ2n) is 5.72. The van der Waals surface area contributed by atoms with Gasteiger partial charge in [0.15, 0.2) is 0 Å². The van der Waals surface area contributed by atoms with Crippen molar-refractivity contribution < 1.29 is 9.59 Å². The predicted molar refractivity (Wildman–Crippen MR) is 80.3 cm³/mol. The van der Waals surface area contributed by atoms with E-state index >= 15 is 0 Å². The molecule has 4 rings (SSSR count). The highest BCUT2D eigenvalue weighted by atomic mass is 16.2. The van der Waals surface area contributed by atoms with Crippen LogP contribution in [0.4, 0.5) is 0 Å². The summed E-state index contributed by atoms with van der Waals surface area (Å²) in [7, 11) is 0. The second-order valence-corrected chi connectivity index (χ2v) is 5.72. The van der Waals surface area contributed by atoms with Crippen molar-refractivity contribution in [3.05, 3.63) is 47.5 Å². The molecule has 0 saturated carbocycles. The summed E-state index contributed by atoms with van der Waals surface area (Å²) in [6.45, 7) is 1.43. The second kappa shape index (κ2) is 4.67. The molecule has 0 bridgehead atoms. The monoisotopic (exact) mass is 280 g/mol. The van der Waals surface area contributed by atoms with E-state index < -0.39 is 0 Å². The van der Waals surface area contributed by atoms with Crippen LogP contribution in [0.5, 0.6) is 0 Å². The molecule has 2 aromatic carbocycles. The zero-order valence-corrected chi connectivity index (χ0v) is 11.6. The summed E-state index contributed by atoms with van der Waals surface area (Å²) in [5, 5.41) is 5.09. The molecule has 4 nitrogen and oxygen atoms in total. The number of rotatable bonds is 2. The topological polar surface area (TPSA) is 49.4 Å². The van der Waals surface area contributed by atoms with E-state index in [1.165, 1.54) is 4.90 Å². The van der Waals surface area contributed by atoms with E-state index in [1.807, 2.05) is 36.4 Å². The van der Waals surface area contributed by atoms with E-state index in [9.17, 15) is 9.59 Å². The molecule has 21 heavy (non-hydrogen) atoms. The molecule has 1 saturated heterocycles. The highest BCUT2D eigenvalue weighted by molar-refractivity contribution is 6.25. The molecule has 2 aromatic rings. The molecular formula is C17H16N2O2. The molecule has 0 aromatic heterocycles. The number of imide groups is 1. The normalized spacial score (nSPS) is 21.3. The van der Waals surface area contributed by atoms with Gasteiger partial charge in [0.05, 0.1) is 0 Å². The molecule has 2 aliphatic rings. The molecule has 1 atom stereocenters. The minimum absolute atomic E-state index is 0.169. The number of nitrogens with zero attached hydrogens (tertiary/aromatic N) is 1. The Morgan fingerprint density at radius 2 is 1.71 bits per heavy atom. The molecule has 1 fully saturated rings. The lowest BCUT2D eigenvalue weighted by atomic mass is 9.94. The van der Waals surface area contributed by atoms with Gasteiger partial charge in [-0.1, -0.05) is 24.3 Å². The van der Waals surface area contributed by atoms with E-state index in [-0.39, 0.29) is 17.9 Å². The van der Waals surface area contributed by atoms with Gasteiger partial charge in [-0.25, -0.2) is 0 Å². The van der Waals surface area contributed by atoms with Crippen LogP contribution < -0.4 is 5.32 Å². The number of amides is 2. The van der Waals surface area contributed by atoms with E-state index in [0.717, 1.165) is 30.2 Å². The summed E-state index contributed by atoms with van der Waals surface area (Å²) in [5.74, 6) is -0.337. The van der Waals surface area contributed by atoms with Crippen molar-refractivity contribution >= 4 is 22.6 Å². The quantitative estimate of drug-likeness (QED) is 0.858. The fourth-order valence-electron chi connectivity index (χ4n) is 3.38. The first-order valence-corrected chi connectivity index (χ1v) is 7.37. The van der Waals surface area contributed by atoms with Crippen molar-refractivity contribution in [1.29, 1.82) is 0 Å². The Labute approximate surface area is 122 Å². The zero-order chi connectivity index (χ0) is 14.4. The molecule has 1 N–H and O–H groups in total. The molecular weight excluding hydrogens is 264 g/mol. The van der Waals surface area contributed by atoms with Crippen molar-refractivity contribution in [3.63, 3.8) is 0 Å². The zero-order valence-electron chi connectivity index (χ0n) is 11.6. The van der Waals surface area contributed by atoms with Crippen LogP contribution in [0.15, 0.2) is 36.4 Å². The average Bonchev–Trinajstić information content (AvgIpc) is 3.02. The predicted octanol–water partition coefficient (Wildman–Crippen LogP) is 2.19. The van der Waals surface area contributed by atoms with Crippen molar-refractivity contribution in [2.45, 2.75) is 18.9 Å². The Hall–Kier alpha value is -2.20. The molecule has 106 valence electrons. The van der Waals surface area contributed by atoms with Crippen LogP contribution in [0.1, 0.15) is 33.6 Å². The largest absolute Gasteiger partial charge is 0.312 e. The van der Waals surface area contributed by atoms with Gasteiger partial charge in [0.25, 0.3) is 11.8 Å². The SMILES string of the molecule is O=C1c2cccc3cccc(c23)C(=O)N1CC1CCCN1. The summed E-state index contributed by atoms with van der Waals surface area (Å²) in [6.07, 6.45) is 2.12. The lowest BCUT2D eigenvalue weighted by Gasteiger charge is -2.29. The first-order valence-electron chi connectivity index (χ1n) is 7.37. The molecule has 1 unspecified atom stereocenters. The molecule has 2 amide bonds. The van der Waals surface area contributed by atoms with Crippen LogP contribution in [-0.4, -0.2) is 35.8 Å². The van der Waals surface area contributed by atoms with Gasteiger partial charge in [-0.15, -0.1) is 0 Å². The van der Waals surface area contributed by atoms with Gasteiger partial charge in [0, 0.05) is 29.1 Å². The average molecular weight is 280 g/mol. The minimum atomic E-state index is -0.169. The van der Waals surface area contributed by atoms with Gasteiger partial charge >= 0.3 is 0 Å². The van der Waals surface area contributed by atoms with Crippen LogP contribution in [0, 0.1) is 0 Å². The smallest absolute Gasteiger partial charge is 0.261 e. The fourth-order valence-corrected chi connectivity index (χ4v) is 3.38. The van der Waals surface area contributed by atoms with Crippen LogP contribution in [0.2, 0.25) is 0 Å². The third-order valence-electron chi connectivity index (χ3n) is 4.42. The number of nitrogens with one attached hydrogen (secondary N) is 1. The highest BCUT2D eigenvalue weighted by Gasteiger charge is 2.34. The number of hydrogen-bond donors (Lipinski definition) is 1. The Morgan fingerprint density at radius 1 is 1.05 bits per heavy atom. The van der Waals surface area contributed by atoms with Crippen LogP contribution in [-0.2, 0) is 0 Å². The van der Waals surface area contributed by atoms with Crippen LogP contribution >= 0.6 is 0 Å².